The van der Waals surface area contributed by atoms with Crippen LogP contribution in [0, 0.1) is 6.92 Å². The number of benzene rings is 2. The molecule has 0 atom stereocenters. The summed E-state index contributed by atoms with van der Waals surface area (Å²) in [6.45, 7) is 6.47. The van der Waals surface area contributed by atoms with Gasteiger partial charge in [-0.05, 0) is 60.5 Å². The predicted molar refractivity (Wildman–Crippen MR) is 118 cm³/mol. The molecule has 0 unspecified atom stereocenters. The first-order valence-corrected chi connectivity index (χ1v) is 9.85. The Kier molecular flexibility index (Phi) is 3.99. The SMILES string of the molecule is Cc1ccnc(-c2ccc3oc4nc(C(C)(C)c5ccccc5)ccc4c3c2)c1. The van der Waals surface area contributed by atoms with Gasteiger partial charge in [0.25, 0.3) is 0 Å². The second kappa shape index (κ2) is 6.56. The lowest BCUT2D eigenvalue weighted by molar-refractivity contribution is 0.601. The fourth-order valence-corrected chi connectivity index (χ4v) is 3.86. The molecule has 0 saturated carbocycles. The number of furan rings is 1. The lowest BCUT2D eigenvalue weighted by Crippen LogP contribution is -2.20. The molecule has 0 aliphatic carbocycles. The maximum Gasteiger partial charge on any atom is 0.227 e. The molecule has 3 nitrogen and oxygen atoms in total. The van der Waals surface area contributed by atoms with E-state index in [1.54, 1.807) is 0 Å². The van der Waals surface area contributed by atoms with E-state index in [4.69, 9.17) is 9.40 Å². The Morgan fingerprint density at radius 1 is 0.828 bits per heavy atom. The molecule has 0 amide bonds. The van der Waals surface area contributed by atoms with Crippen molar-refractivity contribution in [2.75, 3.05) is 0 Å². The normalized spacial score (nSPS) is 12.0. The van der Waals surface area contributed by atoms with Crippen LogP contribution in [0.1, 0.15) is 30.7 Å². The zero-order valence-corrected chi connectivity index (χ0v) is 16.8. The summed E-state index contributed by atoms with van der Waals surface area (Å²) < 4.78 is 6.11. The highest BCUT2D eigenvalue weighted by Gasteiger charge is 2.25. The van der Waals surface area contributed by atoms with Crippen LogP contribution < -0.4 is 0 Å². The third-order valence-electron chi connectivity index (χ3n) is 5.68. The second-order valence-corrected chi connectivity index (χ2v) is 8.07. The minimum absolute atomic E-state index is 0.203. The monoisotopic (exact) mass is 378 g/mol. The van der Waals surface area contributed by atoms with Crippen molar-refractivity contribution in [3.63, 3.8) is 0 Å². The molecule has 0 fully saturated rings. The topological polar surface area (TPSA) is 38.9 Å². The van der Waals surface area contributed by atoms with Crippen molar-refractivity contribution in [1.29, 1.82) is 0 Å². The fraction of sp³-hybridized carbons (Fsp3) is 0.154. The van der Waals surface area contributed by atoms with Gasteiger partial charge in [-0.25, -0.2) is 4.98 Å². The highest BCUT2D eigenvalue weighted by atomic mass is 16.3. The highest BCUT2D eigenvalue weighted by molar-refractivity contribution is 6.05. The molecule has 29 heavy (non-hydrogen) atoms. The molecule has 3 aromatic heterocycles. The number of aromatic nitrogens is 2. The summed E-state index contributed by atoms with van der Waals surface area (Å²) >= 11 is 0. The fourth-order valence-electron chi connectivity index (χ4n) is 3.86. The van der Waals surface area contributed by atoms with Crippen LogP contribution in [-0.2, 0) is 5.41 Å². The average Bonchev–Trinajstić information content (AvgIpc) is 3.11. The van der Waals surface area contributed by atoms with Gasteiger partial charge in [0.2, 0.25) is 5.71 Å². The van der Waals surface area contributed by atoms with Crippen LogP contribution in [-0.4, -0.2) is 9.97 Å². The molecule has 0 N–H and O–H groups in total. The summed E-state index contributed by atoms with van der Waals surface area (Å²) in [4.78, 5) is 9.41. The summed E-state index contributed by atoms with van der Waals surface area (Å²) in [7, 11) is 0. The van der Waals surface area contributed by atoms with E-state index in [-0.39, 0.29) is 5.41 Å². The Morgan fingerprint density at radius 2 is 1.66 bits per heavy atom. The molecular weight excluding hydrogens is 356 g/mol. The third kappa shape index (κ3) is 2.99. The van der Waals surface area contributed by atoms with E-state index < -0.39 is 0 Å². The molecule has 3 heteroatoms. The quantitative estimate of drug-likeness (QED) is 0.351. The molecule has 0 aliphatic heterocycles. The molecule has 0 bridgehead atoms. The van der Waals surface area contributed by atoms with Gasteiger partial charge in [-0.15, -0.1) is 0 Å². The van der Waals surface area contributed by atoms with Crippen LogP contribution in [0.4, 0.5) is 0 Å². The lowest BCUT2D eigenvalue weighted by Gasteiger charge is -2.24. The summed E-state index contributed by atoms with van der Waals surface area (Å²) in [5, 5.41) is 2.10. The van der Waals surface area contributed by atoms with Crippen molar-refractivity contribution < 1.29 is 4.42 Å². The average molecular weight is 378 g/mol. The summed E-state index contributed by atoms with van der Waals surface area (Å²) in [6, 6.07) is 25.0. The Labute approximate surface area is 170 Å². The summed E-state index contributed by atoms with van der Waals surface area (Å²) in [5.41, 5.74) is 6.79. The van der Waals surface area contributed by atoms with Gasteiger partial charge < -0.3 is 4.42 Å². The molecular formula is C26H22N2O. The maximum absolute atomic E-state index is 6.11. The van der Waals surface area contributed by atoms with E-state index >= 15 is 0 Å². The van der Waals surface area contributed by atoms with Gasteiger partial charge in [0, 0.05) is 27.9 Å². The predicted octanol–water partition coefficient (Wildman–Crippen LogP) is 6.68. The van der Waals surface area contributed by atoms with Gasteiger partial charge in [0.15, 0.2) is 0 Å². The molecule has 0 spiro atoms. The number of pyridine rings is 2. The molecule has 2 aromatic carbocycles. The zero-order valence-electron chi connectivity index (χ0n) is 16.8. The van der Waals surface area contributed by atoms with Crippen molar-refractivity contribution in [1.82, 2.24) is 9.97 Å². The molecule has 3 heterocycles. The highest BCUT2D eigenvalue weighted by Crippen LogP contribution is 2.35. The Balaban J connectivity index is 1.63. The minimum atomic E-state index is -0.203. The van der Waals surface area contributed by atoms with E-state index in [2.05, 4.69) is 80.4 Å². The van der Waals surface area contributed by atoms with Crippen molar-refractivity contribution in [3.05, 3.63) is 95.8 Å². The Hall–Kier alpha value is -3.46. The van der Waals surface area contributed by atoms with Crippen molar-refractivity contribution in [3.8, 4) is 11.3 Å². The van der Waals surface area contributed by atoms with Gasteiger partial charge in [0.1, 0.15) is 5.58 Å². The first-order valence-electron chi connectivity index (χ1n) is 9.85. The number of hydrogen-bond donors (Lipinski definition) is 0. The van der Waals surface area contributed by atoms with Crippen LogP contribution >= 0.6 is 0 Å². The van der Waals surface area contributed by atoms with E-state index in [0.29, 0.717) is 5.71 Å². The first-order chi connectivity index (χ1) is 14.0. The van der Waals surface area contributed by atoms with Gasteiger partial charge in [0.05, 0.1) is 11.4 Å². The van der Waals surface area contributed by atoms with E-state index in [0.717, 1.165) is 33.3 Å². The van der Waals surface area contributed by atoms with Crippen molar-refractivity contribution in [2.45, 2.75) is 26.2 Å². The van der Waals surface area contributed by atoms with E-state index in [1.165, 1.54) is 11.1 Å². The second-order valence-electron chi connectivity index (χ2n) is 8.07. The molecule has 0 aliphatic rings. The number of hydrogen-bond acceptors (Lipinski definition) is 3. The van der Waals surface area contributed by atoms with Crippen molar-refractivity contribution >= 4 is 22.1 Å². The largest absolute Gasteiger partial charge is 0.438 e. The van der Waals surface area contributed by atoms with Gasteiger partial charge in [-0.2, -0.15) is 0 Å². The van der Waals surface area contributed by atoms with Crippen LogP contribution in [0.25, 0.3) is 33.3 Å². The first kappa shape index (κ1) is 17.6. The standard InChI is InChI=1S/C26H22N2O/c1-17-13-14-27-22(15-17)18-9-11-23-21(16-18)20-10-12-24(28-25(20)29-23)26(2,3)19-7-5-4-6-8-19/h4-16H,1-3H3. The molecule has 0 saturated heterocycles. The zero-order chi connectivity index (χ0) is 20.0. The molecule has 0 radical (unpaired) electrons. The van der Waals surface area contributed by atoms with E-state index in [1.807, 2.05) is 24.4 Å². The minimum Gasteiger partial charge on any atom is -0.438 e. The number of rotatable bonds is 3. The van der Waals surface area contributed by atoms with Crippen LogP contribution in [0.3, 0.4) is 0 Å². The maximum atomic E-state index is 6.11. The molecule has 142 valence electrons. The third-order valence-corrected chi connectivity index (χ3v) is 5.68. The van der Waals surface area contributed by atoms with Gasteiger partial charge in [-0.1, -0.05) is 44.2 Å². The lowest BCUT2D eigenvalue weighted by atomic mass is 9.81. The van der Waals surface area contributed by atoms with Crippen molar-refractivity contribution in [2.24, 2.45) is 0 Å². The van der Waals surface area contributed by atoms with Crippen LogP contribution in [0.15, 0.2) is 83.4 Å². The van der Waals surface area contributed by atoms with Gasteiger partial charge >= 0.3 is 0 Å². The summed E-state index contributed by atoms with van der Waals surface area (Å²) in [5.74, 6) is 0. The molecule has 5 aromatic rings. The Bertz CT molecular complexity index is 1330. The van der Waals surface area contributed by atoms with Gasteiger partial charge in [-0.3, -0.25) is 4.98 Å². The number of nitrogens with zero attached hydrogens (tertiary/aromatic N) is 2. The summed E-state index contributed by atoms with van der Waals surface area (Å²) in [6.07, 6.45) is 1.85. The van der Waals surface area contributed by atoms with E-state index in [9.17, 15) is 0 Å². The number of fused-ring (bicyclic) bond motifs is 3. The van der Waals surface area contributed by atoms with Crippen LogP contribution in [0.5, 0.6) is 0 Å². The van der Waals surface area contributed by atoms with Crippen LogP contribution in [0.2, 0.25) is 0 Å². The number of aryl methyl sites for hydroxylation is 1. The Morgan fingerprint density at radius 3 is 2.45 bits per heavy atom. The molecule has 5 rings (SSSR count). The smallest absolute Gasteiger partial charge is 0.227 e.